The van der Waals surface area contributed by atoms with Crippen LogP contribution in [0.2, 0.25) is 0 Å². The first-order valence-electron chi connectivity index (χ1n) is 7.29. The van der Waals surface area contributed by atoms with E-state index in [0.29, 0.717) is 12.3 Å². The Morgan fingerprint density at radius 1 is 1.32 bits per heavy atom. The minimum absolute atomic E-state index is 0.157. The van der Waals surface area contributed by atoms with Crippen molar-refractivity contribution in [2.24, 2.45) is 29.1 Å². The van der Waals surface area contributed by atoms with Crippen LogP contribution >= 0.6 is 0 Å². The van der Waals surface area contributed by atoms with Crippen molar-refractivity contribution in [3.63, 3.8) is 0 Å². The van der Waals surface area contributed by atoms with Crippen LogP contribution in [-0.4, -0.2) is 29.1 Å². The highest BCUT2D eigenvalue weighted by Crippen LogP contribution is 2.55. The summed E-state index contributed by atoms with van der Waals surface area (Å²) in [6.45, 7) is 5.82. The van der Waals surface area contributed by atoms with E-state index < -0.39 is 11.5 Å². The smallest absolute Gasteiger partial charge is 0.309 e. The van der Waals surface area contributed by atoms with Gasteiger partial charge < -0.3 is 9.84 Å². The fourth-order valence-electron chi connectivity index (χ4n) is 4.75. The van der Waals surface area contributed by atoms with Gasteiger partial charge in [-0.3, -0.25) is 9.59 Å². The van der Waals surface area contributed by atoms with E-state index in [0.717, 1.165) is 12.8 Å². The first kappa shape index (κ1) is 13.1. The molecular weight excluding hydrogens is 244 g/mol. The summed E-state index contributed by atoms with van der Waals surface area (Å²) in [4.78, 5) is 24.1. The second-order valence-corrected chi connectivity index (χ2v) is 6.85. The third kappa shape index (κ3) is 1.55. The van der Waals surface area contributed by atoms with Crippen LogP contribution in [0, 0.1) is 29.1 Å². The van der Waals surface area contributed by atoms with Crippen LogP contribution in [0.1, 0.15) is 40.0 Å². The van der Waals surface area contributed by atoms with Gasteiger partial charge in [0.05, 0.1) is 17.4 Å². The summed E-state index contributed by atoms with van der Waals surface area (Å²) in [5.74, 6) is -0.0910. The molecule has 1 aliphatic heterocycles. The van der Waals surface area contributed by atoms with Gasteiger partial charge in [-0.05, 0) is 31.6 Å². The van der Waals surface area contributed by atoms with Crippen LogP contribution in [0.15, 0.2) is 0 Å². The zero-order valence-electron chi connectivity index (χ0n) is 11.8. The van der Waals surface area contributed by atoms with Crippen molar-refractivity contribution in [1.29, 1.82) is 0 Å². The topological polar surface area (TPSA) is 63.6 Å². The first-order valence-corrected chi connectivity index (χ1v) is 7.29. The number of aliphatic hydroxyl groups is 1. The van der Waals surface area contributed by atoms with Crippen molar-refractivity contribution in [2.75, 3.05) is 0 Å². The van der Waals surface area contributed by atoms with Crippen molar-refractivity contribution >= 4 is 11.8 Å². The lowest BCUT2D eigenvalue weighted by molar-refractivity contribution is -0.145. The van der Waals surface area contributed by atoms with Crippen LogP contribution in [0.5, 0.6) is 0 Å². The maximum Gasteiger partial charge on any atom is 0.309 e. The van der Waals surface area contributed by atoms with Gasteiger partial charge in [0.2, 0.25) is 0 Å². The number of hydrogen-bond donors (Lipinski definition) is 1. The number of carbonyl (C=O) groups excluding carboxylic acids is 2. The van der Waals surface area contributed by atoms with Crippen molar-refractivity contribution < 1.29 is 19.4 Å². The van der Waals surface area contributed by atoms with E-state index in [-0.39, 0.29) is 35.6 Å². The molecule has 1 heterocycles. The Balaban J connectivity index is 2.04. The molecule has 0 aromatic rings. The third-order valence-corrected chi connectivity index (χ3v) is 5.97. The molecule has 7 atom stereocenters. The molecule has 4 nitrogen and oxygen atoms in total. The van der Waals surface area contributed by atoms with Gasteiger partial charge >= 0.3 is 5.97 Å². The fourth-order valence-corrected chi connectivity index (χ4v) is 4.75. The monoisotopic (exact) mass is 266 g/mol. The lowest BCUT2D eigenvalue weighted by Crippen LogP contribution is -2.47. The number of carbonyl (C=O) groups is 2. The predicted octanol–water partition coefficient (Wildman–Crippen LogP) is 1.55. The summed E-state index contributed by atoms with van der Waals surface area (Å²) >= 11 is 0. The molecule has 2 unspecified atom stereocenters. The van der Waals surface area contributed by atoms with Crippen molar-refractivity contribution in [3.8, 4) is 0 Å². The molecule has 2 saturated carbocycles. The molecule has 1 saturated heterocycles. The summed E-state index contributed by atoms with van der Waals surface area (Å²) in [5.41, 5.74) is -0.693. The molecule has 19 heavy (non-hydrogen) atoms. The molecule has 1 N–H and O–H groups in total. The van der Waals surface area contributed by atoms with E-state index in [1.807, 2.05) is 13.8 Å². The number of Topliss-reactive ketones (excluding diaryl/α,β-unsaturated/α-hetero) is 1. The van der Waals surface area contributed by atoms with Gasteiger partial charge in [0.1, 0.15) is 11.9 Å². The van der Waals surface area contributed by atoms with Gasteiger partial charge in [-0.25, -0.2) is 0 Å². The number of aliphatic hydroxyl groups excluding tert-OH is 1. The summed E-state index contributed by atoms with van der Waals surface area (Å²) < 4.78 is 5.43. The average Bonchev–Trinajstić information content (AvgIpc) is 2.77. The lowest BCUT2D eigenvalue weighted by atomic mass is 9.67. The van der Waals surface area contributed by atoms with E-state index >= 15 is 0 Å². The average molecular weight is 266 g/mol. The zero-order chi connectivity index (χ0) is 13.9. The Morgan fingerprint density at radius 2 is 2.00 bits per heavy atom. The van der Waals surface area contributed by atoms with Crippen molar-refractivity contribution in [3.05, 3.63) is 0 Å². The predicted molar refractivity (Wildman–Crippen MR) is 68.2 cm³/mol. The SMILES string of the molecule is CC1C(=O)O[C@H]2C[C@H](C)C3CCC(=O)[C@@]3(C)[C@H](O)[C@H]12. The standard InChI is InChI=1S/C15H22O4/c1-7-6-10-12(8(2)14(18)19-10)13(17)15(3)9(7)4-5-11(15)16/h7-10,12-13,17H,4-6H2,1-3H3/t7-,8?,9?,10-,12+,13+,15-/m0/s1. The number of ketones is 1. The molecule has 2 aliphatic carbocycles. The quantitative estimate of drug-likeness (QED) is 0.676. The number of ether oxygens (including phenoxy) is 1. The van der Waals surface area contributed by atoms with E-state index in [1.54, 1.807) is 0 Å². The summed E-state index contributed by atoms with van der Waals surface area (Å²) in [6.07, 6.45) is 1.20. The molecule has 4 heteroatoms. The van der Waals surface area contributed by atoms with Gasteiger partial charge in [-0.15, -0.1) is 0 Å². The molecule has 0 radical (unpaired) electrons. The Labute approximate surface area is 113 Å². The Hall–Kier alpha value is -0.900. The number of hydrogen-bond acceptors (Lipinski definition) is 4. The molecule has 106 valence electrons. The molecule has 0 aromatic carbocycles. The fraction of sp³-hybridized carbons (Fsp3) is 0.867. The third-order valence-electron chi connectivity index (χ3n) is 5.97. The summed E-state index contributed by atoms with van der Waals surface area (Å²) in [5, 5.41) is 10.8. The lowest BCUT2D eigenvalue weighted by Gasteiger charge is -2.37. The number of fused-ring (bicyclic) bond motifs is 2. The number of esters is 1. The molecule has 0 bridgehead atoms. The van der Waals surface area contributed by atoms with Crippen LogP contribution in [-0.2, 0) is 14.3 Å². The summed E-state index contributed by atoms with van der Waals surface area (Å²) in [7, 11) is 0. The normalized spacial score (nSPS) is 53.5. The van der Waals surface area contributed by atoms with Crippen LogP contribution < -0.4 is 0 Å². The minimum atomic E-state index is -0.760. The highest BCUT2D eigenvalue weighted by atomic mass is 16.6. The molecule has 0 amide bonds. The second-order valence-electron chi connectivity index (χ2n) is 6.85. The Kier molecular flexibility index (Phi) is 2.79. The van der Waals surface area contributed by atoms with Gasteiger partial charge in [0, 0.05) is 12.3 Å². The van der Waals surface area contributed by atoms with Gasteiger partial charge in [-0.2, -0.15) is 0 Å². The van der Waals surface area contributed by atoms with E-state index in [2.05, 4.69) is 6.92 Å². The van der Waals surface area contributed by atoms with Crippen LogP contribution in [0.4, 0.5) is 0 Å². The maximum atomic E-state index is 12.3. The van der Waals surface area contributed by atoms with Gasteiger partial charge in [0.15, 0.2) is 0 Å². The minimum Gasteiger partial charge on any atom is -0.462 e. The molecule has 0 aromatic heterocycles. The van der Waals surface area contributed by atoms with E-state index in [4.69, 9.17) is 4.74 Å². The molecule has 0 spiro atoms. The molecular formula is C15H22O4. The highest BCUT2D eigenvalue weighted by molar-refractivity contribution is 5.88. The van der Waals surface area contributed by atoms with Gasteiger partial charge in [0.25, 0.3) is 0 Å². The molecule has 3 aliphatic rings. The van der Waals surface area contributed by atoms with E-state index in [9.17, 15) is 14.7 Å². The van der Waals surface area contributed by atoms with E-state index in [1.165, 1.54) is 0 Å². The summed E-state index contributed by atoms with van der Waals surface area (Å²) in [6, 6.07) is 0. The largest absolute Gasteiger partial charge is 0.462 e. The number of rotatable bonds is 0. The van der Waals surface area contributed by atoms with Crippen LogP contribution in [0.3, 0.4) is 0 Å². The Morgan fingerprint density at radius 3 is 2.68 bits per heavy atom. The second kappa shape index (κ2) is 4.05. The Bertz CT molecular complexity index is 432. The van der Waals surface area contributed by atoms with Crippen molar-refractivity contribution in [2.45, 2.75) is 52.2 Å². The van der Waals surface area contributed by atoms with Gasteiger partial charge in [-0.1, -0.05) is 13.8 Å². The first-order chi connectivity index (χ1) is 8.87. The molecule has 3 fully saturated rings. The highest BCUT2D eigenvalue weighted by Gasteiger charge is 2.61. The van der Waals surface area contributed by atoms with Crippen molar-refractivity contribution in [1.82, 2.24) is 0 Å². The molecule has 3 rings (SSSR count). The zero-order valence-corrected chi connectivity index (χ0v) is 11.8. The maximum absolute atomic E-state index is 12.3. The van der Waals surface area contributed by atoms with Crippen LogP contribution in [0.25, 0.3) is 0 Å².